The lowest BCUT2D eigenvalue weighted by molar-refractivity contribution is -0.143. The summed E-state index contributed by atoms with van der Waals surface area (Å²) in [5.41, 5.74) is -1.69. The molecule has 0 N–H and O–H groups in total. The smallest absolute Gasteiger partial charge is 0.337 e. The number of benzene rings is 3. The van der Waals surface area contributed by atoms with E-state index < -0.39 is 28.9 Å². The summed E-state index contributed by atoms with van der Waals surface area (Å²) in [4.78, 5) is 17.2. The Kier molecular flexibility index (Phi) is 7.99. The number of hydrogen-bond donors (Lipinski definition) is 0. The molecule has 7 rings (SSSR count). The second-order valence-corrected chi connectivity index (χ2v) is 13.2. The first-order valence-electron chi connectivity index (χ1n) is 14.5. The first-order chi connectivity index (χ1) is 20.7. The van der Waals surface area contributed by atoms with E-state index in [9.17, 15) is 31.1 Å². The van der Waals surface area contributed by atoms with Gasteiger partial charge in [-0.1, -0.05) is 59.6 Å². The average molecular weight is 656 g/mol. The molecule has 4 aliphatic heterocycles. The van der Waals surface area contributed by atoms with E-state index >= 15 is 0 Å². The normalized spacial score (nSPS) is 27.5. The molecular weight excluding hydrogens is 625 g/mol. The van der Waals surface area contributed by atoms with Crippen molar-refractivity contribution in [1.29, 1.82) is 0 Å². The van der Waals surface area contributed by atoms with Gasteiger partial charge in [-0.15, -0.1) is 0 Å². The van der Waals surface area contributed by atoms with Crippen LogP contribution < -0.4 is 0 Å². The molecule has 0 aliphatic carbocycles. The predicted octanol–water partition coefficient (Wildman–Crippen LogP) is 8.90. The second-order valence-electron chi connectivity index (χ2n) is 12.4. The second kappa shape index (κ2) is 11.2. The third-order valence-corrected chi connectivity index (χ3v) is 10.7. The summed E-state index contributed by atoms with van der Waals surface area (Å²) in [7, 11) is 0. The van der Waals surface area contributed by atoms with Crippen LogP contribution in [0.4, 0.5) is 26.3 Å². The lowest BCUT2D eigenvalue weighted by Crippen LogP contribution is -2.66. The van der Waals surface area contributed by atoms with Crippen LogP contribution in [-0.2, 0) is 34.5 Å². The number of amides is 1. The maximum absolute atomic E-state index is 13.6. The van der Waals surface area contributed by atoms with Crippen LogP contribution in [0, 0.1) is 0 Å². The van der Waals surface area contributed by atoms with Crippen LogP contribution >= 0.6 is 23.2 Å². The number of piperidine rings is 4. The molecule has 1 amide bonds. The average Bonchev–Trinajstić information content (AvgIpc) is 3.00. The fourth-order valence-corrected chi connectivity index (χ4v) is 7.99. The third-order valence-electron chi connectivity index (χ3n) is 9.93. The molecule has 2 atom stereocenters. The molecule has 3 aromatic carbocycles. The van der Waals surface area contributed by atoms with E-state index in [1.807, 2.05) is 24.3 Å². The number of carbonyl (C=O) groups is 1. The minimum absolute atomic E-state index is 0.0507. The molecule has 4 saturated heterocycles. The topological polar surface area (TPSA) is 23.6 Å². The van der Waals surface area contributed by atoms with Crippen molar-refractivity contribution in [1.82, 2.24) is 9.80 Å². The Hall–Kier alpha value is -2.75. The molecule has 234 valence electrons. The minimum Gasteiger partial charge on any atom is -0.337 e. The summed E-state index contributed by atoms with van der Waals surface area (Å²) in [5, 5.41) is 0.706. The van der Waals surface area contributed by atoms with Gasteiger partial charge in [0.1, 0.15) is 0 Å². The fourth-order valence-electron chi connectivity index (χ4n) is 7.69. The van der Waals surface area contributed by atoms with Crippen LogP contribution in [-0.4, -0.2) is 41.4 Å². The van der Waals surface area contributed by atoms with Gasteiger partial charge < -0.3 is 4.90 Å². The first kappa shape index (κ1) is 31.2. The molecule has 2 unspecified atom stereocenters. The third kappa shape index (κ3) is 5.71. The van der Waals surface area contributed by atoms with Gasteiger partial charge in [-0.05, 0) is 91.2 Å². The van der Waals surface area contributed by atoms with Crippen LogP contribution in [0.1, 0.15) is 59.9 Å². The Bertz CT molecular complexity index is 1520. The zero-order chi connectivity index (χ0) is 31.5. The van der Waals surface area contributed by atoms with Gasteiger partial charge in [-0.2, -0.15) is 26.3 Å². The van der Waals surface area contributed by atoms with E-state index in [-0.39, 0.29) is 48.5 Å². The Morgan fingerprint density at radius 2 is 1.41 bits per heavy atom. The Morgan fingerprint density at radius 1 is 0.773 bits per heavy atom. The van der Waals surface area contributed by atoms with Crippen molar-refractivity contribution in [2.75, 3.05) is 19.6 Å². The molecule has 4 aliphatic rings. The number of halogens is 8. The van der Waals surface area contributed by atoms with Gasteiger partial charge in [0, 0.05) is 31.0 Å². The van der Waals surface area contributed by atoms with Gasteiger partial charge in [-0.25, -0.2) is 0 Å². The van der Waals surface area contributed by atoms with E-state index in [1.165, 1.54) is 10.5 Å². The summed E-state index contributed by atoms with van der Waals surface area (Å²) in [6.45, 7) is 1.40. The van der Waals surface area contributed by atoms with Crippen LogP contribution in [0.5, 0.6) is 0 Å². The lowest BCUT2D eigenvalue weighted by Gasteiger charge is -2.60. The first-order valence-corrected chi connectivity index (χ1v) is 15.3. The van der Waals surface area contributed by atoms with Crippen molar-refractivity contribution in [2.45, 2.75) is 67.9 Å². The van der Waals surface area contributed by atoms with Crippen molar-refractivity contribution in [3.8, 4) is 0 Å². The zero-order valence-corrected chi connectivity index (χ0v) is 25.1. The molecule has 0 radical (unpaired) electrons. The van der Waals surface area contributed by atoms with Gasteiger partial charge >= 0.3 is 12.4 Å². The number of likely N-dealkylation sites (tertiary alicyclic amines) is 1. The van der Waals surface area contributed by atoms with Crippen molar-refractivity contribution in [3.05, 3.63) is 105 Å². The van der Waals surface area contributed by atoms with Gasteiger partial charge in [-0.3, -0.25) is 9.69 Å². The highest BCUT2D eigenvalue weighted by atomic mass is 35.5. The van der Waals surface area contributed by atoms with Gasteiger partial charge in [0.2, 0.25) is 5.91 Å². The number of carbonyl (C=O) groups excluding carboxylic acids is 1. The molecule has 4 heterocycles. The zero-order valence-electron chi connectivity index (χ0n) is 23.6. The van der Waals surface area contributed by atoms with Crippen molar-refractivity contribution in [2.24, 2.45) is 0 Å². The van der Waals surface area contributed by atoms with Gasteiger partial charge in [0.15, 0.2) is 0 Å². The van der Waals surface area contributed by atoms with E-state index in [1.54, 1.807) is 12.1 Å². The Morgan fingerprint density at radius 3 is 2.00 bits per heavy atom. The molecule has 3 aromatic rings. The number of rotatable bonds is 5. The molecule has 2 bridgehead atoms. The van der Waals surface area contributed by atoms with Crippen molar-refractivity contribution < 1.29 is 31.1 Å². The fraction of sp³-hybridized carbons (Fsp3) is 0.424. The molecule has 11 heteroatoms. The maximum atomic E-state index is 13.6. The number of nitrogens with zero attached hydrogens (tertiary/aromatic N) is 2. The Balaban J connectivity index is 1.42. The molecule has 44 heavy (non-hydrogen) atoms. The molecule has 4 fully saturated rings. The predicted molar refractivity (Wildman–Crippen MR) is 157 cm³/mol. The summed E-state index contributed by atoms with van der Waals surface area (Å²) < 4.78 is 81.8. The van der Waals surface area contributed by atoms with E-state index in [0.29, 0.717) is 28.6 Å². The highest BCUT2D eigenvalue weighted by Gasteiger charge is 2.55. The van der Waals surface area contributed by atoms with Crippen LogP contribution in [0.25, 0.3) is 0 Å². The molecule has 3 nitrogen and oxygen atoms in total. The minimum atomic E-state index is -4.98. The highest BCUT2D eigenvalue weighted by molar-refractivity contribution is 6.42. The number of hydrogen-bond acceptors (Lipinski definition) is 2. The monoisotopic (exact) mass is 654 g/mol. The SMILES string of the molecule is O=C1CCC(c2ccc(Cl)c(Cl)c2)(C2CC3(c4ccccc4)CCN2CC3)CN1Cc1cc(C(F)(F)F)cc(C(F)(F)F)c1. The summed E-state index contributed by atoms with van der Waals surface area (Å²) in [5.74, 6) is -0.319. The standard InChI is InChI=1S/C33H30Cl2F6N2O/c34-26-7-6-23(17-27(26)35)31(28-18-30(10-12-42(28)13-11-30)22-4-2-1-3-5-22)9-8-29(44)43(20-31)19-21-14-24(32(36,37)38)16-25(15-21)33(39,40)41/h1-7,14-17,28H,8-13,18-20H2. The molecule has 0 saturated carbocycles. The van der Waals surface area contributed by atoms with Gasteiger partial charge in [0.25, 0.3) is 0 Å². The summed E-state index contributed by atoms with van der Waals surface area (Å²) >= 11 is 12.8. The molecule has 0 spiro atoms. The van der Waals surface area contributed by atoms with Crippen molar-refractivity contribution >= 4 is 29.1 Å². The summed E-state index contributed by atoms with van der Waals surface area (Å²) in [6.07, 6.45) is -6.67. The quantitative estimate of drug-likeness (QED) is 0.257. The molecule has 0 aromatic heterocycles. The van der Waals surface area contributed by atoms with Crippen LogP contribution in [0.2, 0.25) is 10.0 Å². The van der Waals surface area contributed by atoms with Gasteiger partial charge in [0.05, 0.1) is 21.2 Å². The largest absolute Gasteiger partial charge is 0.416 e. The lowest BCUT2D eigenvalue weighted by atomic mass is 9.57. The highest BCUT2D eigenvalue weighted by Crippen LogP contribution is 2.53. The maximum Gasteiger partial charge on any atom is 0.416 e. The van der Waals surface area contributed by atoms with Crippen molar-refractivity contribution in [3.63, 3.8) is 0 Å². The molecular formula is C33H30Cl2F6N2O. The van der Waals surface area contributed by atoms with E-state index in [4.69, 9.17) is 23.2 Å². The van der Waals surface area contributed by atoms with Crippen LogP contribution in [0.3, 0.4) is 0 Å². The summed E-state index contributed by atoms with van der Waals surface area (Å²) in [6, 6.07) is 17.2. The van der Waals surface area contributed by atoms with E-state index in [2.05, 4.69) is 17.0 Å². The van der Waals surface area contributed by atoms with Crippen LogP contribution in [0.15, 0.2) is 66.7 Å². The number of alkyl halides is 6. The Labute approximate surface area is 261 Å². The van der Waals surface area contributed by atoms with E-state index in [0.717, 1.165) is 37.9 Å². The number of fused-ring (bicyclic) bond motifs is 3.